The van der Waals surface area contributed by atoms with Crippen molar-refractivity contribution in [1.29, 1.82) is 0 Å². The molecule has 4 nitrogen and oxygen atoms in total. The molecule has 0 aliphatic rings. The smallest absolute Gasteiger partial charge is 0.225 e. The van der Waals surface area contributed by atoms with Crippen LogP contribution in [0.3, 0.4) is 0 Å². The van der Waals surface area contributed by atoms with E-state index < -0.39 is 0 Å². The SMILES string of the molecule is Clc1nc(-c2cccs2)c2nc[nH]c2n1. The molecule has 0 aromatic carbocycles. The molecular weight excluding hydrogens is 232 g/mol. The van der Waals surface area contributed by atoms with Gasteiger partial charge in [-0.05, 0) is 23.0 Å². The lowest BCUT2D eigenvalue weighted by Gasteiger charge is -1.98. The Labute approximate surface area is 94.0 Å². The maximum atomic E-state index is 5.83. The highest BCUT2D eigenvalue weighted by atomic mass is 35.5. The molecule has 3 heterocycles. The molecular formula is C9H5ClN4S. The summed E-state index contributed by atoms with van der Waals surface area (Å²) < 4.78 is 0. The maximum Gasteiger partial charge on any atom is 0.225 e. The molecule has 0 spiro atoms. The molecule has 3 rings (SSSR count). The quantitative estimate of drug-likeness (QED) is 0.661. The summed E-state index contributed by atoms with van der Waals surface area (Å²) in [5.74, 6) is 0. The topological polar surface area (TPSA) is 54.5 Å². The second-order valence-electron chi connectivity index (χ2n) is 2.92. The minimum Gasteiger partial charge on any atom is -0.329 e. The zero-order valence-electron chi connectivity index (χ0n) is 7.44. The minimum atomic E-state index is 0.232. The predicted octanol–water partition coefficient (Wildman–Crippen LogP) is 2.73. The van der Waals surface area contributed by atoms with Crippen LogP contribution < -0.4 is 0 Å². The molecule has 0 bridgehead atoms. The summed E-state index contributed by atoms with van der Waals surface area (Å²) in [6, 6.07) is 3.95. The summed E-state index contributed by atoms with van der Waals surface area (Å²) in [5, 5.41) is 2.22. The first kappa shape index (κ1) is 8.82. The van der Waals surface area contributed by atoms with Crippen LogP contribution in [0, 0.1) is 0 Å². The Morgan fingerprint density at radius 3 is 3.07 bits per heavy atom. The minimum absolute atomic E-state index is 0.232. The van der Waals surface area contributed by atoms with Crippen molar-refractivity contribution >= 4 is 34.1 Å². The molecule has 0 atom stereocenters. The van der Waals surface area contributed by atoms with Gasteiger partial charge in [0.1, 0.15) is 11.2 Å². The Bertz CT molecular complexity index is 602. The average Bonchev–Trinajstić information content (AvgIpc) is 2.86. The van der Waals surface area contributed by atoms with E-state index in [2.05, 4.69) is 19.9 Å². The van der Waals surface area contributed by atoms with Crippen LogP contribution in [-0.2, 0) is 0 Å². The van der Waals surface area contributed by atoms with Crippen LogP contribution in [0.1, 0.15) is 0 Å². The molecule has 0 amide bonds. The lowest BCUT2D eigenvalue weighted by molar-refractivity contribution is 1.21. The lowest BCUT2D eigenvalue weighted by Crippen LogP contribution is -1.88. The Morgan fingerprint density at radius 2 is 2.27 bits per heavy atom. The van der Waals surface area contributed by atoms with Crippen LogP contribution in [0.25, 0.3) is 21.7 Å². The highest BCUT2D eigenvalue weighted by Gasteiger charge is 2.11. The summed E-state index contributed by atoms with van der Waals surface area (Å²) in [4.78, 5) is 16.4. The zero-order chi connectivity index (χ0) is 10.3. The molecule has 0 saturated heterocycles. The second kappa shape index (κ2) is 3.29. The summed E-state index contributed by atoms with van der Waals surface area (Å²) in [6.07, 6.45) is 1.59. The van der Waals surface area contributed by atoms with Gasteiger partial charge in [-0.3, -0.25) is 0 Å². The predicted molar refractivity (Wildman–Crippen MR) is 60.0 cm³/mol. The molecule has 0 radical (unpaired) electrons. The van der Waals surface area contributed by atoms with Crippen LogP contribution >= 0.6 is 22.9 Å². The van der Waals surface area contributed by atoms with E-state index >= 15 is 0 Å². The highest BCUT2D eigenvalue weighted by molar-refractivity contribution is 7.13. The van der Waals surface area contributed by atoms with E-state index in [9.17, 15) is 0 Å². The van der Waals surface area contributed by atoms with Crippen LogP contribution in [-0.4, -0.2) is 19.9 Å². The van der Waals surface area contributed by atoms with Gasteiger partial charge in [0.2, 0.25) is 5.28 Å². The first-order valence-electron chi connectivity index (χ1n) is 4.25. The van der Waals surface area contributed by atoms with Gasteiger partial charge in [0.05, 0.1) is 11.2 Å². The molecule has 6 heteroatoms. The number of rotatable bonds is 1. The molecule has 3 aromatic rings. The van der Waals surface area contributed by atoms with Gasteiger partial charge in [-0.25, -0.2) is 9.97 Å². The molecule has 15 heavy (non-hydrogen) atoms. The fraction of sp³-hybridized carbons (Fsp3) is 0. The molecule has 0 unspecified atom stereocenters. The first-order valence-corrected chi connectivity index (χ1v) is 5.51. The Kier molecular flexibility index (Phi) is 1.93. The number of thiophene rings is 1. The lowest BCUT2D eigenvalue weighted by atomic mass is 10.3. The van der Waals surface area contributed by atoms with E-state index in [1.165, 1.54) is 0 Å². The van der Waals surface area contributed by atoms with Crippen molar-refractivity contribution < 1.29 is 0 Å². The molecule has 0 saturated carbocycles. The fourth-order valence-electron chi connectivity index (χ4n) is 1.39. The van der Waals surface area contributed by atoms with Crippen LogP contribution in [0.5, 0.6) is 0 Å². The van der Waals surface area contributed by atoms with Crippen molar-refractivity contribution in [1.82, 2.24) is 19.9 Å². The summed E-state index contributed by atoms with van der Waals surface area (Å²) in [6.45, 7) is 0. The number of nitrogens with one attached hydrogen (secondary N) is 1. The molecule has 74 valence electrons. The number of halogens is 1. The number of aromatic nitrogens is 4. The van der Waals surface area contributed by atoms with E-state index in [-0.39, 0.29) is 5.28 Å². The van der Waals surface area contributed by atoms with E-state index in [0.717, 1.165) is 16.1 Å². The Morgan fingerprint density at radius 1 is 1.33 bits per heavy atom. The standard InChI is InChI=1S/C9H5ClN4S/c10-9-13-6(5-2-1-3-15-5)7-8(14-9)12-4-11-7/h1-4H,(H,11,12,13,14). The Balaban J connectivity index is 2.38. The van der Waals surface area contributed by atoms with E-state index in [0.29, 0.717) is 5.65 Å². The molecule has 0 aliphatic heterocycles. The van der Waals surface area contributed by atoms with Crippen molar-refractivity contribution in [3.05, 3.63) is 29.1 Å². The third kappa shape index (κ3) is 1.40. The highest BCUT2D eigenvalue weighted by Crippen LogP contribution is 2.28. The zero-order valence-corrected chi connectivity index (χ0v) is 9.01. The van der Waals surface area contributed by atoms with Crippen molar-refractivity contribution in [2.24, 2.45) is 0 Å². The number of hydrogen-bond acceptors (Lipinski definition) is 4. The van der Waals surface area contributed by atoms with Crippen LogP contribution in [0.2, 0.25) is 5.28 Å². The summed E-state index contributed by atoms with van der Waals surface area (Å²) in [7, 11) is 0. The first-order chi connectivity index (χ1) is 7.34. The van der Waals surface area contributed by atoms with Crippen LogP contribution in [0.4, 0.5) is 0 Å². The van der Waals surface area contributed by atoms with Gasteiger partial charge in [-0.2, -0.15) is 4.98 Å². The van der Waals surface area contributed by atoms with Gasteiger partial charge in [0.25, 0.3) is 0 Å². The number of nitrogens with zero attached hydrogens (tertiary/aromatic N) is 3. The normalized spacial score (nSPS) is 11.0. The van der Waals surface area contributed by atoms with E-state index in [1.54, 1.807) is 17.7 Å². The van der Waals surface area contributed by atoms with Gasteiger partial charge >= 0.3 is 0 Å². The summed E-state index contributed by atoms with van der Waals surface area (Å²) >= 11 is 7.43. The second-order valence-corrected chi connectivity index (χ2v) is 4.20. The maximum absolute atomic E-state index is 5.83. The summed E-state index contributed by atoms with van der Waals surface area (Å²) in [5.41, 5.74) is 2.20. The van der Waals surface area contributed by atoms with Gasteiger partial charge < -0.3 is 4.98 Å². The molecule has 0 fully saturated rings. The number of fused-ring (bicyclic) bond motifs is 1. The molecule has 0 aliphatic carbocycles. The van der Waals surface area contributed by atoms with Gasteiger partial charge in [0.15, 0.2) is 5.65 Å². The fourth-order valence-corrected chi connectivity index (χ4v) is 2.28. The van der Waals surface area contributed by atoms with Crippen molar-refractivity contribution in [3.63, 3.8) is 0 Å². The van der Waals surface area contributed by atoms with Crippen molar-refractivity contribution in [2.45, 2.75) is 0 Å². The number of H-pyrrole nitrogens is 1. The number of hydrogen-bond donors (Lipinski definition) is 1. The van der Waals surface area contributed by atoms with E-state index in [1.807, 2.05) is 17.5 Å². The third-order valence-corrected chi connectivity index (χ3v) is 3.05. The van der Waals surface area contributed by atoms with Gasteiger partial charge in [0, 0.05) is 0 Å². The average molecular weight is 237 g/mol. The number of imidazole rings is 1. The van der Waals surface area contributed by atoms with Gasteiger partial charge in [-0.1, -0.05) is 6.07 Å². The van der Waals surface area contributed by atoms with Crippen LogP contribution in [0.15, 0.2) is 23.8 Å². The molecule has 3 aromatic heterocycles. The van der Waals surface area contributed by atoms with Crippen molar-refractivity contribution in [2.75, 3.05) is 0 Å². The Hall–Kier alpha value is -1.46. The number of aromatic amines is 1. The third-order valence-electron chi connectivity index (χ3n) is 2.01. The van der Waals surface area contributed by atoms with Crippen molar-refractivity contribution in [3.8, 4) is 10.6 Å². The van der Waals surface area contributed by atoms with Gasteiger partial charge in [-0.15, -0.1) is 11.3 Å². The largest absolute Gasteiger partial charge is 0.329 e. The molecule has 1 N–H and O–H groups in total. The van der Waals surface area contributed by atoms with E-state index in [4.69, 9.17) is 11.6 Å². The monoisotopic (exact) mass is 236 g/mol.